The Bertz CT molecular complexity index is 895. The van der Waals surface area contributed by atoms with E-state index in [1.54, 1.807) is 30.0 Å². The van der Waals surface area contributed by atoms with E-state index in [0.717, 1.165) is 16.0 Å². The third-order valence-electron chi connectivity index (χ3n) is 4.40. The van der Waals surface area contributed by atoms with Crippen molar-refractivity contribution in [3.05, 3.63) is 63.6 Å². The van der Waals surface area contributed by atoms with E-state index in [4.69, 9.17) is 23.2 Å². The van der Waals surface area contributed by atoms with Gasteiger partial charge in [0.15, 0.2) is 0 Å². The molecule has 0 saturated carbocycles. The molecule has 0 aliphatic rings. The Balaban J connectivity index is 2.21. The molecule has 0 saturated heterocycles. The molecule has 0 aliphatic heterocycles. The van der Waals surface area contributed by atoms with E-state index in [0.29, 0.717) is 10.0 Å². The topological polar surface area (TPSA) is 49.4 Å². The number of benzene rings is 2. The number of carbonyl (C=O) groups is 2. The predicted octanol–water partition coefficient (Wildman–Crippen LogP) is 5.73. The number of rotatable bonds is 7. The van der Waals surface area contributed by atoms with Crippen LogP contribution in [-0.2, 0) is 16.1 Å². The van der Waals surface area contributed by atoms with Gasteiger partial charge >= 0.3 is 0 Å². The van der Waals surface area contributed by atoms with Crippen molar-refractivity contribution in [2.24, 2.45) is 0 Å². The molecule has 1 N–H and O–H groups in total. The maximum Gasteiger partial charge on any atom is 0.242 e. The van der Waals surface area contributed by atoms with Gasteiger partial charge in [-0.25, -0.2) is 0 Å². The monoisotopic (exact) mass is 466 g/mol. The molecule has 0 fully saturated rings. The number of hydrogen-bond donors (Lipinski definition) is 1. The number of hydrogen-bond acceptors (Lipinski definition) is 3. The highest BCUT2D eigenvalue weighted by molar-refractivity contribution is 8.00. The smallest absolute Gasteiger partial charge is 0.242 e. The van der Waals surface area contributed by atoms with Crippen molar-refractivity contribution >= 4 is 46.8 Å². The average Bonchev–Trinajstić information content (AvgIpc) is 2.65. The van der Waals surface area contributed by atoms with Crippen molar-refractivity contribution in [1.29, 1.82) is 0 Å². The number of aryl methyl sites for hydroxylation is 1. The fourth-order valence-electron chi connectivity index (χ4n) is 2.75. The minimum Gasteiger partial charge on any atom is -0.350 e. The molecule has 4 nitrogen and oxygen atoms in total. The second-order valence-electron chi connectivity index (χ2n) is 8.27. The maximum absolute atomic E-state index is 13.1. The van der Waals surface area contributed by atoms with Gasteiger partial charge in [0.25, 0.3) is 0 Å². The molecule has 7 heteroatoms. The number of amides is 2. The first-order valence-corrected chi connectivity index (χ1v) is 11.5. The first kappa shape index (κ1) is 24.6. The summed E-state index contributed by atoms with van der Waals surface area (Å²) in [7, 11) is 0. The Morgan fingerprint density at radius 2 is 1.73 bits per heavy atom. The molecule has 0 aromatic heterocycles. The van der Waals surface area contributed by atoms with Gasteiger partial charge in [0.1, 0.15) is 6.04 Å². The van der Waals surface area contributed by atoms with Gasteiger partial charge in [-0.2, -0.15) is 0 Å². The van der Waals surface area contributed by atoms with E-state index >= 15 is 0 Å². The molecule has 1 atom stereocenters. The summed E-state index contributed by atoms with van der Waals surface area (Å²) >= 11 is 13.8. The third kappa shape index (κ3) is 7.53. The van der Waals surface area contributed by atoms with Crippen LogP contribution in [-0.4, -0.2) is 34.0 Å². The van der Waals surface area contributed by atoms with Crippen LogP contribution in [0, 0.1) is 6.92 Å². The molecule has 2 amide bonds. The Kier molecular flexibility index (Phi) is 8.65. The zero-order valence-corrected chi connectivity index (χ0v) is 20.3. The summed E-state index contributed by atoms with van der Waals surface area (Å²) in [6.45, 7) is 9.71. The summed E-state index contributed by atoms with van der Waals surface area (Å²) < 4.78 is 0. The summed E-state index contributed by atoms with van der Waals surface area (Å²) in [5, 5.41) is 3.94. The van der Waals surface area contributed by atoms with Gasteiger partial charge in [-0.1, -0.05) is 47.0 Å². The molecule has 2 aromatic carbocycles. The minimum absolute atomic E-state index is 0.136. The van der Waals surface area contributed by atoms with Gasteiger partial charge in [-0.3, -0.25) is 9.59 Å². The van der Waals surface area contributed by atoms with E-state index in [-0.39, 0.29) is 24.1 Å². The van der Waals surface area contributed by atoms with Crippen LogP contribution in [0.3, 0.4) is 0 Å². The predicted molar refractivity (Wildman–Crippen MR) is 126 cm³/mol. The Morgan fingerprint density at radius 1 is 1.10 bits per heavy atom. The van der Waals surface area contributed by atoms with Crippen LogP contribution < -0.4 is 5.32 Å². The van der Waals surface area contributed by atoms with E-state index in [2.05, 4.69) is 5.32 Å². The van der Waals surface area contributed by atoms with Crippen LogP contribution in [0.1, 0.15) is 38.8 Å². The lowest BCUT2D eigenvalue weighted by atomic mass is 10.1. The number of halogens is 2. The molecule has 0 spiro atoms. The van der Waals surface area contributed by atoms with Crippen LogP contribution in [0.2, 0.25) is 10.0 Å². The number of thioether (sulfide) groups is 1. The molecule has 2 aromatic rings. The van der Waals surface area contributed by atoms with Crippen LogP contribution in [0.5, 0.6) is 0 Å². The van der Waals surface area contributed by atoms with Crippen molar-refractivity contribution in [3.8, 4) is 0 Å². The van der Waals surface area contributed by atoms with Crippen LogP contribution >= 0.6 is 35.0 Å². The molecule has 0 bridgehead atoms. The molecule has 0 radical (unpaired) electrons. The highest BCUT2D eigenvalue weighted by atomic mass is 35.5. The van der Waals surface area contributed by atoms with E-state index in [1.807, 2.05) is 52.0 Å². The first-order valence-electron chi connectivity index (χ1n) is 9.71. The molecule has 162 valence electrons. The van der Waals surface area contributed by atoms with Crippen molar-refractivity contribution in [3.63, 3.8) is 0 Å². The second-order valence-corrected chi connectivity index (χ2v) is 10.2. The van der Waals surface area contributed by atoms with Gasteiger partial charge in [0, 0.05) is 27.0 Å². The minimum atomic E-state index is -0.651. The fourth-order valence-corrected chi connectivity index (χ4v) is 4.01. The van der Waals surface area contributed by atoms with E-state index in [1.165, 1.54) is 11.8 Å². The largest absolute Gasteiger partial charge is 0.350 e. The molecule has 0 unspecified atom stereocenters. The lowest BCUT2D eigenvalue weighted by molar-refractivity contribution is -0.139. The summed E-state index contributed by atoms with van der Waals surface area (Å²) in [6, 6.07) is 12.5. The van der Waals surface area contributed by atoms with Gasteiger partial charge in [0.05, 0.1) is 5.75 Å². The van der Waals surface area contributed by atoms with Gasteiger partial charge < -0.3 is 10.2 Å². The van der Waals surface area contributed by atoms with Gasteiger partial charge in [-0.05, 0) is 64.4 Å². The molecule has 2 rings (SSSR count). The summed E-state index contributed by atoms with van der Waals surface area (Å²) in [5.74, 6) is -0.120. The summed E-state index contributed by atoms with van der Waals surface area (Å²) in [4.78, 5) is 28.5. The Labute approximate surface area is 193 Å². The normalized spacial score (nSPS) is 12.4. The van der Waals surface area contributed by atoms with Crippen molar-refractivity contribution in [2.45, 2.75) is 57.6 Å². The van der Waals surface area contributed by atoms with Crippen LogP contribution in [0.4, 0.5) is 0 Å². The van der Waals surface area contributed by atoms with Gasteiger partial charge in [-0.15, -0.1) is 11.8 Å². The molecule has 0 heterocycles. The number of nitrogens with zero attached hydrogens (tertiary/aromatic N) is 1. The second kappa shape index (κ2) is 10.6. The first-order chi connectivity index (χ1) is 14.0. The zero-order valence-electron chi connectivity index (χ0n) is 18.0. The third-order valence-corrected chi connectivity index (χ3v) is 5.99. The van der Waals surface area contributed by atoms with Crippen molar-refractivity contribution in [1.82, 2.24) is 10.2 Å². The van der Waals surface area contributed by atoms with E-state index in [9.17, 15) is 9.59 Å². The van der Waals surface area contributed by atoms with Crippen molar-refractivity contribution < 1.29 is 9.59 Å². The molecular weight excluding hydrogens is 439 g/mol. The zero-order chi connectivity index (χ0) is 22.5. The number of carbonyl (C=O) groups excluding carboxylic acids is 2. The Morgan fingerprint density at radius 3 is 2.30 bits per heavy atom. The van der Waals surface area contributed by atoms with Crippen LogP contribution in [0.25, 0.3) is 0 Å². The molecule has 30 heavy (non-hydrogen) atoms. The molecule has 0 aliphatic carbocycles. The Hall–Kier alpha value is -1.69. The lowest BCUT2D eigenvalue weighted by Gasteiger charge is -2.31. The fraction of sp³-hybridized carbons (Fsp3) is 0.391. The van der Waals surface area contributed by atoms with Gasteiger partial charge in [0.2, 0.25) is 11.8 Å². The maximum atomic E-state index is 13.1. The van der Waals surface area contributed by atoms with Crippen LogP contribution in [0.15, 0.2) is 47.4 Å². The quantitative estimate of drug-likeness (QED) is 0.530. The molecular formula is C23H28Cl2N2O2S. The highest BCUT2D eigenvalue weighted by Crippen LogP contribution is 2.25. The average molecular weight is 467 g/mol. The SMILES string of the molecule is Cc1ccc(SCC(=O)N(Cc2ccc(Cl)cc2Cl)[C@@H](C)C(=O)NC(C)(C)C)cc1. The summed E-state index contributed by atoms with van der Waals surface area (Å²) in [6.07, 6.45) is 0. The van der Waals surface area contributed by atoms with E-state index < -0.39 is 11.6 Å². The number of nitrogens with one attached hydrogen (secondary N) is 1. The van der Waals surface area contributed by atoms with Crippen molar-refractivity contribution in [2.75, 3.05) is 5.75 Å². The standard InChI is InChI=1S/C23H28Cl2N2O2S/c1-15-6-10-19(11-7-15)30-14-21(28)27(16(2)22(29)26-23(3,4)5)13-17-8-9-18(24)12-20(17)25/h6-12,16H,13-14H2,1-5H3,(H,26,29)/t16-/m0/s1. The highest BCUT2D eigenvalue weighted by Gasteiger charge is 2.28. The lowest BCUT2D eigenvalue weighted by Crippen LogP contribution is -2.52. The summed E-state index contributed by atoms with van der Waals surface area (Å²) in [5.41, 5.74) is 1.51.